The van der Waals surface area contributed by atoms with E-state index in [2.05, 4.69) is 4.72 Å². The number of sulfonamides is 1. The Morgan fingerprint density at radius 1 is 1.09 bits per heavy atom. The smallest absolute Gasteiger partial charge is 0.244 e. The molecule has 1 aromatic carbocycles. The van der Waals surface area contributed by atoms with Crippen molar-refractivity contribution in [2.75, 3.05) is 0 Å². The zero-order chi connectivity index (χ0) is 23.6. The first-order valence-corrected chi connectivity index (χ1v) is 13.4. The number of amides is 1. The van der Waals surface area contributed by atoms with Crippen LogP contribution in [-0.4, -0.2) is 25.6 Å². The van der Waals surface area contributed by atoms with Crippen LogP contribution in [0.2, 0.25) is 15.1 Å². The topological polar surface area (TPSA) is 106 Å². The van der Waals surface area contributed by atoms with Crippen LogP contribution in [0.15, 0.2) is 17.0 Å². The van der Waals surface area contributed by atoms with E-state index in [0.717, 1.165) is 32.1 Å². The zero-order valence-corrected chi connectivity index (χ0v) is 21.0. The van der Waals surface area contributed by atoms with E-state index in [1.807, 2.05) is 0 Å². The van der Waals surface area contributed by atoms with Gasteiger partial charge in [-0.05, 0) is 81.8 Å². The average Bonchev–Trinajstić information content (AvgIpc) is 2.61. The first-order chi connectivity index (χ1) is 14.7. The Balaban J connectivity index is 1.51. The van der Waals surface area contributed by atoms with E-state index in [9.17, 15) is 18.0 Å². The third-order valence-corrected chi connectivity index (χ3v) is 10.5. The molecule has 4 bridgehead atoms. The van der Waals surface area contributed by atoms with Crippen LogP contribution in [0.25, 0.3) is 0 Å². The molecule has 2 atom stereocenters. The number of carbonyl (C=O) groups is 2. The predicted octanol–water partition coefficient (Wildman–Crippen LogP) is 4.59. The first kappa shape index (κ1) is 24.3. The Bertz CT molecular complexity index is 1050. The number of hydrogen-bond acceptors (Lipinski definition) is 4. The van der Waals surface area contributed by atoms with Crippen LogP contribution in [0, 0.1) is 29.1 Å². The summed E-state index contributed by atoms with van der Waals surface area (Å²) in [6, 6.07) is 2.59. The standard InChI is InChI=1S/C22H27Cl3N2O4S/c1-21(2,27-32(30,31)19-16(24)5-14(23)6-17(19)25)18(28)7-15-12-3-11-4-13(15)10-22(8-11,9-12)20(26)29/h5-6,11-13,15,27H,3-4,7-10H2,1-2H3,(H2,26,29). The third kappa shape index (κ3) is 4.20. The summed E-state index contributed by atoms with van der Waals surface area (Å²) < 4.78 is 28.6. The summed E-state index contributed by atoms with van der Waals surface area (Å²) in [5.41, 5.74) is 3.97. The van der Waals surface area contributed by atoms with Gasteiger partial charge in [-0.15, -0.1) is 0 Å². The maximum Gasteiger partial charge on any atom is 0.244 e. The highest BCUT2D eigenvalue weighted by Crippen LogP contribution is 2.62. The molecular formula is C22H27Cl3N2O4S. The molecule has 10 heteroatoms. The van der Waals surface area contributed by atoms with Crippen LogP contribution in [0.1, 0.15) is 52.4 Å². The van der Waals surface area contributed by atoms with Gasteiger partial charge in [0.1, 0.15) is 4.90 Å². The molecule has 6 nitrogen and oxygen atoms in total. The molecule has 0 spiro atoms. The molecule has 4 fully saturated rings. The molecule has 3 N–H and O–H groups in total. The highest BCUT2D eigenvalue weighted by molar-refractivity contribution is 7.89. The minimum atomic E-state index is -4.18. The Labute approximate surface area is 203 Å². The second kappa shape index (κ2) is 8.12. The number of Topliss-reactive ketones (excluding diaryl/α,β-unsaturated/α-hetero) is 1. The van der Waals surface area contributed by atoms with Gasteiger partial charge in [-0.25, -0.2) is 8.42 Å². The van der Waals surface area contributed by atoms with Crippen molar-refractivity contribution in [1.82, 2.24) is 4.72 Å². The number of benzene rings is 1. The molecule has 4 saturated carbocycles. The van der Waals surface area contributed by atoms with E-state index in [1.165, 1.54) is 12.1 Å². The van der Waals surface area contributed by atoms with Crippen LogP contribution in [0.4, 0.5) is 0 Å². The lowest BCUT2D eigenvalue weighted by Crippen LogP contribution is -2.57. The summed E-state index contributed by atoms with van der Waals surface area (Å²) in [6.07, 6.45) is 4.60. The fraction of sp³-hybridized carbons (Fsp3) is 0.636. The van der Waals surface area contributed by atoms with E-state index in [4.69, 9.17) is 40.5 Å². The molecule has 1 aromatic rings. The van der Waals surface area contributed by atoms with Gasteiger partial charge in [0, 0.05) is 16.9 Å². The molecule has 32 heavy (non-hydrogen) atoms. The number of ketones is 1. The average molecular weight is 522 g/mol. The molecule has 176 valence electrons. The SMILES string of the molecule is CC(C)(NS(=O)(=O)c1c(Cl)cc(Cl)cc1Cl)C(=O)CC1C2CC3CC1CC(C(N)=O)(C3)C2. The van der Waals surface area contributed by atoms with E-state index in [0.29, 0.717) is 5.92 Å². The largest absolute Gasteiger partial charge is 0.369 e. The van der Waals surface area contributed by atoms with Crippen LogP contribution in [0.3, 0.4) is 0 Å². The highest BCUT2D eigenvalue weighted by Gasteiger charge is 2.58. The Kier molecular flexibility index (Phi) is 6.16. The number of rotatable bonds is 7. The lowest BCUT2D eigenvalue weighted by atomic mass is 9.45. The lowest BCUT2D eigenvalue weighted by molar-refractivity contribution is -0.152. The molecule has 0 aliphatic heterocycles. The molecule has 5 rings (SSSR count). The summed E-state index contributed by atoms with van der Waals surface area (Å²) in [5.74, 6) is 0.750. The lowest BCUT2D eigenvalue weighted by Gasteiger charge is -2.59. The number of nitrogens with two attached hydrogens (primary N) is 1. The van der Waals surface area contributed by atoms with Crippen LogP contribution in [0.5, 0.6) is 0 Å². The highest BCUT2D eigenvalue weighted by atomic mass is 35.5. The van der Waals surface area contributed by atoms with Gasteiger partial charge in [0.25, 0.3) is 0 Å². The third-order valence-electron chi connectivity index (χ3n) is 7.73. The van der Waals surface area contributed by atoms with Crippen molar-refractivity contribution in [1.29, 1.82) is 0 Å². The molecule has 0 heterocycles. The maximum absolute atomic E-state index is 13.3. The summed E-state index contributed by atoms with van der Waals surface area (Å²) in [5, 5.41) is -0.0167. The molecule has 0 radical (unpaired) electrons. The monoisotopic (exact) mass is 520 g/mol. The number of carbonyl (C=O) groups excluding carboxylic acids is 2. The maximum atomic E-state index is 13.3. The Morgan fingerprint density at radius 2 is 1.62 bits per heavy atom. The minimum Gasteiger partial charge on any atom is -0.369 e. The van der Waals surface area contributed by atoms with Crippen molar-refractivity contribution in [3.63, 3.8) is 0 Å². The van der Waals surface area contributed by atoms with Crippen molar-refractivity contribution in [3.8, 4) is 0 Å². The number of primary amides is 1. The summed E-state index contributed by atoms with van der Waals surface area (Å²) in [6.45, 7) is 3.09. The van der Waals surface area contributed by atoms with E-state index >= 15 is 0 Å². The zero-order valence-electron chi connectivity index (χ0n) is 18.0. The van der Waals surface area contributed by atoms with Crippen molar-refractivity contribution in [3.05, 3.63) is 27.2 Å². The van der Waals surface area contributed by atoms with Crippen molar-refractivity contribution in [2.24, 2.45) is 34.8 Å². The van der Waals surface area contributed by atoms with Crippen LogP contribution < -0.4 is 10.5 Å². The van der Waals surface area contributed by atoms with Crippen LogP contribution in [-0.2, 0) is 19.6 Å². The second-order valence-corrected chi connectivity index (χ2v) is 13.2. The van der Waals surface area contributed by atoms with E-state index in [-0.39, 0.29) is 55.8 Å². The van der Waals surface area contributed by atoms with Gasteiger partial charge in [-0.2, -0.15) is 4.72 Å². The molecule has 2 unspecified atom stereocenters. The number of nitrogens with one attached hydrogen (secondary N) is 1. The molecule has 0 saturated heterocycles. The Hall–Kier alpha value is -0.860. The summed E-state index contributed by atoms with van der Waals surface area (Å²) >= 11 is 18.1. The number of halogens is 3. The Morgan fingerprint density at radius 3 is 2.12 bits per heavy atom. The first-order valence-electron chi connectivity index (χ1n) is 10.8. The minimum absolute atomic E-state index is 0.115. The van der Waals surface area contributed by atoms with Crippen molar-refractivity contribution in [2.45, 2.75) is 62.8 Å². The van der Waals surface area contributed by atoms with Crippen molar-refractivity contribution >= 4 is 56.5 Å². The molecule has 1 amide bonds. The quantitative estimate of drug-likeness (QED) is 0.547. The van der Waals surface area contributed by atoms with Gasteiger partial charge < -0.3 is 5.73 Å². The van der Waals surface area contributed by atoms with Gasteiger partial charge in [-0.1, -0.05) is 34.8 Å². The van der Waals surface area contributed by atoms with E-state index < -0.39 is 21.0 Å². The fourth-order valence-corrected chi connectivity index (χ4v) is 9.41. The van der Waals surface area contributed by atoms with Gasteiger partial charge in [0.05, 0.1) is 15.6 Å². The van der Waals surface area contributed by atoms with Gasteiger partial charge in [0.2, 0.25) is 15.9 Å². The molecule has 0 aromatic heterocycles. The van der Waals surface area contributed by atoms with Gasteiger partial charge in [0.15, 0.2) is 5.78 Å². The van der Waals surface area contributed by atoms with E-state index in [1.54, 1.807) is 13.8 Å². The van der Waals surface area contributed by atoms with Gasteiger partial charge >= 0.3 is 0 Å². The van der Waals surface area contributed by atoms with Crippen LogP contribution >= 0.6 is 34.8 Å². The number of hydrogen-bond donors (Lipinski definition) is 2. The van der Waals surface area contributed by atoms with Crippen molar-refractivity contribution < 1.29 is 18.0 Å². The second-order valence-electron chi connectivity index (χ2n) is 10.3. The summed E-state index contributed by atoms with van der Waals surface area (Å²) in [7, 11) is -4.18. The predicted molar refractivity (Wildman–Crippen MR) is 124 cm³/mol. The van der Waals surface area contributed by atoms with Gasteiger partial charge in [-0.3, -0.25) is 9.59 Å². The normalized spacial score (nSPS) is 31.7. The fourth-order valence-electron chi connectivity index (χ4n) is 6.46. The molecular weight excluding hydrogens is 495 g/mol. The molecule has 4 aliphatic carbocycles. The molecule has 4 aliphatic rings. The summed E-state index contributed by atoms with van der Waals surface area (Å²) in [4.78, 5) is 25.2.